The molecule has 0 atom stereocenters. The molecule has 3 aromatic rings. The molecule has 8 nitrogen and oxygen atoms in total. The van der Waals surface area contributed by atoms with E-state index in [4.69, 9.17) is 17.0 Å². The first-order valence-electron chi connectivity index (χ1n) is 10.3. The van der Waals surface area contributed by atoms with Gasteiger partial charge in [-0.15, -0.1) is 0 Å². The van der Waals surface area contributed by atoms with E-state index in [0.29, 0.717) is 22.0 Å². The maximum Gasteiger partial charge on any atom is 0.295 e. The van der Waals surface area contributed by atoms with E-state index >= 15 is 0 Å². The van der Waals surface area contributed by atoms with Crippen LogP contribution in [-0.4, -0.2) is 44.1 Å². The van der Waals surface area contributed by atoms with Crippen molar-refractivity contribution in [3.63, 3.8) is 0 Å². The van der Waals surface area contributed by atoms with Crippen LogP contribution in [0.5, 0.6) is 5.75 Å². The summed E-state index contributed by atoms with van der Waals surface area (Å²) in [6.45, 7) is 1.46. The number of hydrogen-bond acceptors (Lipinski definition) is 6. The number of nitrogens with one attached hydrogen (secondary N) is 1. The predicted molar refractivity (Wildman–Crippen MR) is 137 cm³/mol. The van der Waals surface area contributed by atoms with Gasteiger partial charge in [-0.25, -0.2) is 4.68 Å². The minimum atomic E-state index is -0.506. The van der Waals surface area contributed by atoms with Gasteiger partial charge < -0.3 is 10.1 Å². The van der Waals surface area contributed by atoms with Crippen LogP contribution in [0.3, 0.4) is 0 Å². The molecule has 10 heteroatoms. The molecular weight excluding hydrogens is 472 g/mol. The molecule has 0 bridgehead atoms. The van der Waals surface area contributed by atoms with Crippen LogP contribution in [0, 0.1) is 6.92 Å². The molecule has 2 heterocycles. The van der Waals surface area contributed by atoms with Gasteiger partial charge in [0.1, 0.15) is 22.3 Å². The van der Waals surface area contributed by atoms with Gasteiger partial charge >= 0.3 is 0 Å². The molecule has 0 aliphatic carbocycles. The van der Waals surface area contributed by atoms with Gasteiger partial charge in [0.15, 0.2) is 0 Å². The van der Waals surface area contributed by atoms with E-state index in [1.807, 2.05) is 42.5 Å². The van der Waals surface area contributed by atoms with E-state index < -0.39 is 5.91 Å². The van der Waals surface area contributed by atoms with Crippen LogP contribution in [0.1, 0.15) is 11.3 Å². The largest absolute Gasteiger partial charge is 0.497 e. The topological polar surface area (TPSA) is 85.6 Å². The fraction of sp³-hybridized carbons (Fsp3) is 0.167. The number of hydrogen-bond donors (Lipinski definition) is 1. The fourth-order valence-corrected chi connectivity index (χ4v) is 4.78. The summed E-state index contributed by atoms with van der Waals surface area (Å²) in [5.41, 5.74) is 1.89. The molecule has 0 spiro atoms. The van der Waals surface area contributed by atoms with E-state index in [1.54, 1.807) is 44.0 Å². The van der Waals surface area contributed by atoms with E-state index in [0.717, 1.165) is 17.3 Å². The second-order valence-corrected chi connectivity index (χ2v) is 9.20. The minimum absolute atomic E-state index is 0.163. The first kappa shape index (κ1) is 23.5. The lowest BCUT2D eigenvalue weighted by Crippen LogP contribution is -2.37. The Balaban J connectivity index is 1.50. The van der Waals surface area contributed by atoms with Crippen molar-refractivity contribution in [1.82, 2.24) is 14.3 Å². The highest BCUT2D eigenvalue weighted by molar-refractivity contribution is 8.26. The molecule has 34 heavy (non-hydrogen) atoms. The summed E-state index contributed by atoms with van der Waals surface area (Å²) in [6.07, 6.45) is 1.72. The molecule has 1 fully saturated rings. The Morgan fingerprint density at radius 3 is 2.44 bits per heavy atom. The lowest BCUT2D eigenvalue weighted by molar-refractivity contribution is -0.126. The van der Waals surface area contributed by atoms with Gasteiger partial charge in [0.2, 0.25) is 5.91 Å². The van der Waals surface area contributed by atoms with Crippen molar-refractivity contribution in [2.24, 2.45) is 7.05 Å². The molecular formula is C24H22N4O4S2. The Bertz CT molecular complexity index is 1360. The number of benzene rings is 2. The van der Waals surface area contributed by atoms with E-state index in [9.17, 15) is 14.4 Å². The molecule has 0 saturated carbocycles. The quantitative estimate of drug-likeness (QED) is 0.418. The van der Waals surface area contributed by atoms with Crippen molar-refractivity contribution in [3.05, 3.63) is 81.1 Å². The van der Waals surface area contributed by atoms with Crippen LogP contribution in [0.25, 0.3) is 11.8 Å². The first-order chi connectivity index (χ1) is 16.3. The smallest absolute Gasteiger partial charge is 0.295 e. The number of ether oxygens (including phenoxy) is 1. The number of aromatic nitrogens is 2. The lowest BCUT2D eigenvalue weighted by Gasteiger charge is -2.13. The van der Waals surface area contributed by atoms with Crippen molar-refractivity contribution in [2.45, 2.75) is 6.92 Å². The highest BCUT2D eigenvalue weighted by Gasteiger charge is 2.33. The molecule has 0 radical (unpaired) electrons. The van der Waals surface area contributed by atoms with Crippen LogP contribution in [0.15, 0.2) is 64.3 Å². The van der Waals surface area contributed by atoms with E-state index in [2.05, 4.69) is 5.32 Å². The number of methoxy groups -OCH3 is 1. The van der Waals surface area contributed by atoms with Gasteiger partial charge in [-0.1, -0.05) is 54.3 Å². The average molecular weight is 495 g/mol. The fourth-order valence-electron chi connectivity index (χ4n) is 3.52. The van der Waals surface area contributed by atoms with Gasteiger partial charge in [-0.05, 0) is 42.8 Å². The summed E-state index contributed by atoms with van der Waals surface area (Å²) < 4.78 is 8.58. The molecule has 0 unspecified atom stereocenters. The summed E-state index contributed by atoms with van der Waals surface area (Å²) in [7, 11) is 3.32. The Kier molecular flexibility index (Phi) is 6.71. The summed E-state index contributed by atoms with van der Waals surface area (Å²) in [4.78, 5) is 40.3. The van der Waals surface area contributed by atoms with E-state index in [-0.39, 0.29) is 28.0 Å². The number of rotatable bonds is 6. The van der Waals surface area contributed by atoms with Crippen molar-refractivity contribution in [2.75, 3.05) is 19.0 Å². The Hall–Kier alpha value is -3.63. The number of thioether (sulfide) groups is 1. The minimum Gasteiger partial charge on any atom is -0.497 e. The Labute approximate surface area is 205 Å². The first-order valence-corrected chi connectivity index (χ1v) is 11.6. The number of nitrogens with zero attached hydrogens (tertiary/aromatic N) is 3. The SMILES string of the molecule is COc1ccc(C=C2SC(=S)N(CC(=O)Nc3c(C)n(C)n(-c4ccccc4)c3=O)C2=O)cc1. The zero-order valence-corrected chi connectivity index (χ0v) is 20.4. The zero-order valence-electron chi connectivity index (χ0n) is 18.8. The Morgan fingerprint density at radius 2 is 1.79 bits per heavy atom. The van der Waals surface area contributed by atoms with Gasteiger partial charge in [0.05, 0.1) is 23.4 Å². The summed E-state index contributed by atoms with van der Waals surface area (Å²) in [6, 6.07) is 16.4. The van der Waals surface area contributed by atoms with Gasteiger partial charge in [0, 0.05) is 7.05 Å². The van der Waals surface area contributed by atoms with Crippen molar-refractivity contribution in [3.8, 4) is 11.4 Å². The normalized spacial score (nSPS) is 14.7. The van der Waals surface area contributed by atoms with Crippen molar-refractivity contribution in [1.29, 1.82) is 0 Å². The molecule has 1 saturated heterocycles. The van der Waals surface area contributed by atoms with E-state index in [1.165, 1.54) is 9.58 Å². The highest BCUT2D eigenvalue weighted by atomic mass is 32.2. The molecule has 4 rings (SSSR count). The summed E-state index contributed by atoms with van der Waals surface area (Å²) in [5.74, 6) is -0.149. The standard InChI is InChI=1S/C24H22N4O4S2/c1-15-21(23(31)28(26(15)2)17-7-5-4-6-8-17)25-20(29)14-27-22(30)19(34-24(27)33)13-16-9-11-18(32-3)12-10-16/h4-13H,14H2,1-3H3,(H,25,29). The maximum absolute atomic E-state index is 13.0. The summed E-state index contributed by atoms with van der Waals surface area (Å²) >= 11 is 6.46. The molecule has 1 N–H and O–H groups in total. The van der Waals surface area contributed by atoms with Gasteiger partial charge in [-0.2, -0.15) is 0 Å². The monoisotopic (exact) mass is 494 g/mol. The average Bonchev–Trinajstić information content (AvgIpc) is 3.21. The van der Waals surface area contributed by atoms with Crippen LogP contribution in [-0.2, 0) is 16.6 Å². The highest BCUT2D eigenvalue weighted by Crippen LogP contribution is 2.32. The molecule has 2 aromatic carbocycles. The van der Waals surface area contributed by atoms with Gasteiger partial charge in [-0.3, -0.25) is 24.0 Å². The third-order valence-corrected chi connectivity index (χ3v) is 6.79. The maximum atomic E-state index is 13.0. The zero-order chi connectivity index (χ0) is 24.4. The molecule has 1 aliphatic heterocycles. The number of carbonyl (C=O) groups excluding carboxylic acids is 2. The molecule has 174 valence electrons. The number of para-hydroxylation sites is 1. The number of anilines is 1. The second-order valence-electron chi connectivity index (χ2n) is 7.53. The van der Waals surface area contributed by atoms with Crippen LogP contribution in [0.4, 0.5) is 5.69 Å². The number of thiocarbonyl (C=S) groups is 1. The molecule has 1 aromatic heterocycles. The van der Waals surface area contributed by atoms with Crippen LogP contribution >= 0.6 is 24.0 Å². The second kappa shape index (κ2) is 9.70. The van der Waals surface area contributed by atoms with Crippen molar-refractivity contribution < 1.29 is 14.3 Å². The predicted octanol–water partition coefficient (Wildman–Crippen LogP) is 3.33. The Morgan fingerprint density at radius 1 is 1.12 bits per heavy atom. The van der Waals surface area contributed by atoms with Crippen LogP contribution in [0.2, 0.25) is 0 Å². The molecule has 2 amide bonds. The summed E-state index contributed by atoms with van der Waals surface area (Å²) in [5, 5.41) is 2.67. The third-order valence-electron chi connectivity index (χ3n) is 5.41. The number of amides is 2. The van der Waals surface area contributed by atoms with Gasteiger partial charge in [0.25, 0.3) is 11.5 Å². The van der Waals surface area contributed by atoms with Crippen molar-refractivity contribution >= 4 is 51.9 Å². The lowest BCUT2D eigenvalue weighted by atomic mass is 10.2. The molecule has 1 aliphatic rings. The third kappa shape index (κ3) is 4.55. The number of carbonyl (C=O) groups is 2. The van der Waals surface area contributed by atoms with Crippen LogP contribution < -0.4 is 15.6 Å².